The van der Waals surface area contributed by atoms with Gasteiger partial charge >= 0.3 is 0 Å². The Morgan fingerprint density at radius 2 is 1.55 bits per heavy atom. The molecule has 0 saturated carbocycles. The lowest BCUT2D eigenvalue weighted by Crippen LogP contribution is -1.89. The molecule has 5 heteroatoms. The van der Waals surface area contributed by atoms with E-state index in [4.69, 9.17) is 32.7 Å². The Kier molecular flexibility index (Phi) is 4.88. The van der Waals surface area contributed by atoms with E-state index in [2.05, 4.69) is 4.99 Å². The smallest absolute Gasteiger partial charge is 0.156 e. The summed E-state index contributed by atoms with van der Waals surface area (Å²) in [4.78, 5) is 4.35. The molecule has 0 bridgehead atoms. The zero-order valence-electron chi connectivity index (χ0n) is 11.1. The topological polar surface area (TPSA) is 30.8 Å². The van der Waals surface area contributed by atoms with Crippen molar-refractivity contribution >= 4 is 35.1 Å². The Hall–Kier alpha value is -1.71. The second kappa shape index (κ2) is 6.64. The number of benzene rings is 2. The third-order valence-corrected chi connectivity index (χ3v) is 3.22. The van der Waals surface area contributed by atoms with E-state index >= 15 is 0 Å². The van der Waals surface area contributed by atoms with Crippen molar-refractivity contribution < 1.29 is 9.47 Å². The summed E-state index contributed by atoms with van der Waals surface area (Å²) >= 11 is 12.1. The predicted molar refractivity (Wildman–Crippen MR) is 83.3 cm³/mol. The number of ether oxygens (including phenoxy) is 2. The first-order valence-corrected chi connectivity index (χ1v) is 6.61. The highest BCUT2D eigenvalue weighted by molar-refractivity contribution is 6.37. The minimum atomic E-state index is 0.455. The number of rotatable bonds is 4. The SMILES string of the molecule is COc1ccc(N=Cc2cc(Cl)c(OC)c(Cl)c2)cc1. The van der Waals surface area contributed by atoms with Crippen molar-refractivity contribution in [1.29, 1.82) is 0 Å². The van der Waals surface area contributed by atoms with Crippen LogP contribution in [-0.4, -0.2) is 20.4 Å². The average Bonchev–Trinajstić information content (AvgIpc) is 2.45. The maximum Gasteiger partial charge on any atom is 0.156 e. The molecule has 2 rings (SSSR count). The minimum absolute atomic E-state index is 0.455. The van der Waals surface area contributed by atoms with Gasteiger partial charge in [-0.25, -0.2) is 0 Å². The molecule has 0 atom stereocenters. The number of nitrogens with zero attached hydrogens (tertiary/aromatic N) is 1. The molecule has 104 valence electrons. The molecule has 0 fully saturated rings. The van der Waals surface area contributed by atoms with Gasteiger partial charge in [0.1, 0.15) is 5.75 Å². The van der Waals surface area contributed by atoms with Crippen LogP contribution in [0.5, 0.6) is 11.5 Å². The molecule has 2 aromatic rings. The van der Waals surface area contributed by atoms with E-state index in [-0.39, 0.29) is 0 Å². The summed E-state index contributed by atoms with van der Waals surface area (Å²) < 4.78 is 10.2. The van der Waals surface area contributed by atoms with Crippen LogP contribution < -0.4 is 9.47 Å². The van der Waals surface area contributed by atoms with E-state index in [1.807, 2.05) is 24.3 Å². The molecule has 0 unspecified atom stereocenters. The molecule has 20 heavy (non-hydrogen) atoms. The first-order valence-electron chi connectivity index (χ1n) is 5.85. The number of methoxy groups -OCH3 is 2. The molecular weight excluding hydrogens is 297 g/mol. The summed E-state index contributed by atoms with van der Waals surface area (Å²) in [5, 5.41) is 0.910. The van der Waals surface area contributed by atoms with Crippen molar-refractivity contribution in [1.82, 2.24) is 0 Å². The van der Waals surface area contributed by atoms with Gasteiger partial charge in [-0.3, -0.25) is 4.99 Å². The van der Waals surface area contributed by atoms with Gasteiger partial charge in [-0.15, -0.1) is 0 Å². The third kappa shape index (κ3) is 3.44. The van der Waals surface area contributed by atoms with Crippen LogP contribution in [0.1, 0.15) is 5.56 Å². The van der Waals surface area contributed by atoms with Gasteiger partial charge in [-0.2, -0.15) is 0 Å². The van der Waals surface area contributed by atoms with Crippen LogP contribution in [0.3, 0.4) is 0 Å². The fourth-order valence-corrected chi connectivity index (χ4v) is 2.32. The van der Waals surface area contributed by atoms with E-state index in [1.54, 1.807) is 25.5 Å². The average molecular weight is 310 g/mol. The Morgan fingerprint density at radius 3 is 2.05 bits per heavy atom. The van der Waals surface area contributed by atoms with Crippen LogP contribution >= 0.6 is 23.2 Å². The summed E-state index contributed by atoms with van der Waals surface area (Å²) in [6.45, 7) is 0. The van der Waals surface area contributed by atoms with Gasteiger partial charge < -0.3 is 9.47 Å². The molecule has 0 heterocycles. The summed E-state index contributed by atoms with van der Waals surface area (Å²) in [5.41, 5.74) is 1.62. The van der Waals surface area contributed by atoms with Gasteiger partial charge in [-0.1, -0.05) is 23.2 Å². The highest BCUT2D eigenvalue weighted by Crippen LogP contribution is 2.33. The van der Waals surface area contributed by atoms with Gasteiger partial charge in [-0.05, 0) is 42.0 Å². The maximum absolute atomic E-state index is 6.07. The van der Waals surface area contributed by atoms with Crippen LogP contribution in [0.25, 0.3) is 0 Å². The normalized spacial score (nSPS) is 10.8. The highest BCUT2D eigenvalue weighted by atomic mass is 35.5. The summed E-state index contributed by atoms with van der Waals surface area (Å²) in [6, 6.07) is 10.9. The second-order valence-electron chi connectivity index (χ2n) is 3.97. The Labute approximate surface area is 127 Å². The number of halogens is 2. The van der Waals surface area contributed by atoms with Gasteiger partial charge in [0.25, 0.3) is 0 Å². The molecule has 0 N–H and O–H groups in total. The van der Waals surface area contributed by atoms with Crippen LogP contribution in [0.15, 0.2) is 41.4 Å². The molecule has 0 aliphatic heterocycles. The molecular formula is C15H13Cl2NO2. The lowest BCUT2D eigenvalue weighted by atomic mass is 10.2. The van der Waals surface area contributed by atoms with Gasteiger partial charge in [0.15, 0.2) is 5.75 Å². The van der Waals surface area contributed by atoms with Gasteiger partial charge in [0.2, 0.25) is 0 Å². The van der Waals surface area contributed by atoms with E-state index in [0.717, 1.165) is 17.0 Å². The first kappa shape index (κ1) is 14.7. The first-order chi connectivity index (χ1) is 9.63. The molecule has 2 aromatic carbocycles. The van der Waals surface area contributed by atoms with Crippen LogP contribution in [-0.2, 0) is 0 Å². The Morgan fingerprint density at radius 1 is 0.950 bits per heavy atom. The van der Waals surface area contributed by atoms with Crippen molar-refractivity contribution in [3.8, 4) is 11.5 Å². The summed E-state index contributed by atoms with van der Waals surface area (Å²) in [5.74, 6) is 1.26. The summed E-state index contributed by atoms with van der Waals surface area (Å²) in [7, 11) is 3.15. The van der Waals surface area contributed by atoms with E-state index < -0.39 is 0 Å². The van der Waals surface area contributed by atoms with Gasteiger partial charge in [0, 0.05) is 6.21 Å². The monoisotopic (exact) mass is 309 g/mol. The van der Waals surface area contributed by atoms with Crippen molar-refractivity contribution in [2.45, 2.75) is 0 Å². The standard InChI is InChI=1S/C15H13Cl2NO2/c1-19-12-5-3-11(4-6-12)18-9-10-7-13(16)15(20-2)14(17)8-10/h3-9H,1-2H3. The van der Waals surface area contributed by atoms with E-state index in [9.17, 15) is 0 Å². The number of hydrogen-bond acceptors (Lipinski definition) is 3. The Balaban J connectivity index is 2.22. The fourth-order valence-electron chi connectivity index (χ4n) is 1.67. The fraction of sp³-hybridized carbons (Fsp3) is 0.133. The molecule has 0 aromatic heterocycles. The lowest BCUT2D eigenvalue weighted by molar-refractivity contribution is 0.415. The van der Waals surface area contributed by atoms with E-state index in [1.165, 1.54) is 7.11 Å². The molecule has 0 aliphatic carbocycles. The largest absolute Gasteiger partial charge is 0.497 e. The van der Waals surface area contributed by atoms with Crippen LogP contribution in [0, 0.1) is 0 Å². The summed E-state index contributed by atoms with van der Waals surface area (Å²) in [6.07, 6.45) is 1.69. The van der Waals surface area contributed by atoms with Crippen LogP contribution in [0.2, 0.25) is 10.0 Å². The van der Waals surface area contributed by atoms with Crippen molar-refractivity contribution in [3.05, 3.63) is 52.0 Å². The quantitative estimate of drug-likeness (QED) is 0.762. The van der Waals surface area contributed by atoms with Crippen molar-refractivity contribution in [3.63, 3.8) is 0 Å². The van der Waals surface area contributed by atoms with Gasteiger partial charge in [0.05, 0.1) is 30.0 Å². The third-order valence-electron chi connectivity index (χ3n) is 2.66. The highest BCUT2D eigenvalue weighted by Gasteiger charge is 2.07. The van der Waals surface area contributed by atoms with Crippen molar-refractivity contribution in [2.24, 2.45) is 4.99 Å². The lowest BCUT2D eigenvalue weighted by Gasteiger charge is -2.06. The Bertz CT molecular complexity index is 601. The maximum atomic E-state index is 6.07. The zero-order valence-corrected chi connectivity index (χ0v) is 12.6. The minimum Gasteiger partial charge on any atom is -0.497 e. The predicted octanol–water partition coefficient (Wildman–Crippen LogP) is 4.76. The zero-order chi connectivity index (χ0) is 14.5. The number of hydrogen-bond donors (Lipinski definition) is 0. The second-order valence-corrected chi connectivity index (χ2v) is 4.79. The van der Waals surface area contributed by atoms with E-state index in [0.29, 0.717) is 15.8 Å². The molecule has 0 saturated heterocycles. The molecule has 0 amide bonds. The molecule has 0 aliphatic rings. The molecule has 3 nitrogen and oxygen atoms in total. The number of aliphatic imine (C=N–C) groups is 1. The van der Waals surface area contributed by atoms with Crippen molar-refractivity contribution in [2.75, 3.05) is 14.2 Å². The molecule has 0 radical (unpaired) electrons. The molecule has 0 spiro atoms. The van der Waals surface area contributed by atoms with Crippen LogP contribution in [0.4, 0.5) is 5.69 Å².